The van der Waals surface area contributed by atoms with Gasteiger partial charge in [-0.25, -0.2) is 0 Å². The van der Waals surface area contributed by atoms with Crippen molar-refractivity contribution in [1.29, 1.82) is 0 Å². The van der Waals surface area contributed by atoms with Gasteiger partial charge < -0.3 is 27.6 Å². The van der Waals surface area contributed by atoms with Crippen molar-refractivity contribution in [1.82, 2.24) is 5.32 Å². The van der Waals surface area contributed by atoms with E-state index in [2.05, 4.69) is 51.2 Å². The van der Waals surface area contributed by atoms with Gasteiger partial charge in [0.05, 0.1) is 0 Å². The van der Waals surface area contributed by atoms with Gasteiger partial charge in [-0.3, -0.25) is 0 Å². The second kappa shape index (κ2) is 10.4. The molecule has 0 aliphatic carbocycles. The van der Waals surface area contributed by atoms with Gasteiger partial charge in [-0.15, -0.1) is 0 Å². The maximum Gasteiger partial charge on any atom is 0.119 e. The zero-order chi connectivity index (χ0) is 17.5. The molecule has 0 bridgehead atoms. The number of aliphatic hydroxyl groups is 1. The molecular formula is C21H29ClNO2-. The number of rotatable bonds is 8. The molecule has 0 amide bonds. The topological polar surface area (TPSA) is 41.5 Å². The number of halogens is 1. The third-order valence-corrected chi connectivity index (χ3v) is 4.26. The average molecular weight is 363 g/mol. The summed E-state index contributed by atoms with van der Waals surface area (Å²) in [5.41, 5.74) is 3.78. The van der Waals surface area contributed by atoms with Crippen molar-refractivity contribution in [2.45, 2.75) is 45.8 Å². The van der Waals surface area contributed by atoms with Crippen LogP contribution >= 0.6 is 0 Å². The fourth-order valence-electron chi connectivity index (χ4n) is 2.81. The summed E-state index contributed by atoms with van der Waals surface area (Å²) in [6.45, 7) is 9.35. The van der Waals surface area contributed by atoms with E-state index in [0.717, 1.165) is 5.75 Å². The minimum absolute atomic E-state index is 0. The van der Waals surface area contributed by atoms with Gasteiger partial charge in [0.1, 0.15) is 18.5 Å². The number of hydrogen-bond donors (Lipinski definition) is 2. The van der Waals surface area contributed by atoms with Crippen LogP contribution in [0.15, 0.2) is 48.5 Å². The molecule has 0 spiro atoms. The van der Waals surface area contributed by atoms with Gasteiger partial charge in [0.2, 0.25) is 0 Å². The second-order valence-corrected chi connectivity index (χ2v) is 6.68. The van der Waals surface area contributed by atoms with Crippen molar-refractivity contribution in [3.63, 3.8) is 0 Å². The third-order valence-electron chi connectivity index (χ3n) is 4.26. The summed E-state index contributed by atoms with van der Waals surface area (Å²) in [5.74, 6) is 1.32. The number of hydrogen-bond acceptors (Lipinski definition) is 3. The van der Waals surface area contributed by atoms with Gasteiger partial charge in [0, 0.05) is 12.6 Å². The van der Waals surface area contributed by atoms with E-state index in [1.54, 1.807) is 0 Å². The predicted octanol–water partition coefficient (Wildman–Crippen LogP) is 1.21. The van der Waals surface area contributed by atoms with E-state index in [9.17, 15) is 5.11 Å². The van der Waals surface area contributed by atoms with E-state index in [1.165, 1.54) is 16.7 Å². The van der Waals surface area contributed by atoms with Crippen LogP contribution in [0, 0.1) is 6.92 Å². The molecule has 2 atom stereocenters. The molecule has 0 radical (unpaired) electrons. The van der Waals surface area contributed by atoms with Crippen molar-refractivity contribution < 1.29 is 22.3 Å². The lowest BCUT2D eigenvalue weighted by atomic mass is 9.98. The third kappa shape index (κ3) is 6.69. The summed E-state index contributed by atoms with van der Waals surface area (Å²) in [7, 11) is 0. The Morgan fingerprint density at radius 3 is 2.32 bits per heavy atom. The molecule has 138 valence electrons. The van der Waals surface area contributed by atoms with Gasteiger partial charge in [-0.1, -0.05) is 50.2 Å². The molecule has 3 nitrogen and oxygen atoms in total. The number of nitrogens with one attached hydrogen (secondary N) is 1. The summed E-state index contributed by atoms with van der Waals surface area (Å²) in [4.78, 5) is 0. The van der Waals surface area contributed by atoms with Crippen molar-refractivity contribution >= 4 is 0 Å². The Bertz CT molecular complexity index is 631. The molecule has 25 heavy (non-hydrogen) atoms. The van der Waals surface area contributed by atoms with Gasteiger partial charge in [0.25, 0.3) is 0 Å². The van der Waals surface area contributed by atoms with Crippen LogP contribution < -0.4 is 22.5 Å². The van der Waals surface area contributed by atoms with Crippen LogP contribution in [0.2, 0.25) is 0 Å². The molecule has 2 N–H and O–H groups in total. The van der Waals surface area contributed by atoms with Crippen LogP contribution in [-0.4, -0.2) is 24.4 Å². The number of aliphatic hydroxyl groups excluding tert-OH is 1. The lowest BCUT2D eigenvalue weighted by Gasteiger charge is -2.18. The lowest BCUT2D eigenvalue weighted by molar-refractivity contribution is -0.00000698. The Morgan fingerprint density at radius 1 is 1.04 bits per heavy atom. The maximum absolute atomic E-state index is 10.1. The number of aryl methyl sites for hydroxylation is 1. The average Bonchev–Trinajstić information content (AvgIpc) is 2.58. The minimum Gasteiger partial charge on any atom is -1.00 e. The summed E-state index contributed by atoms with van der Waals surface area (Å²) in [6.07, 6.45) is -0.541. The Morgan fingerprint density at radius 2 is 1.72 bits per heavy atom. The van der Waals surface area contributed by atoms with Crippen LogP contribution in [0.3, 0.4) is 0 Å². The van der Waals surface area contributed by atoms with E-state index in [0.29, 0.717) is 12.5 Å². The molecule has 2 aromatic carbocycles. The second-order valence-electron chi connectivity index (χ2n) is 6.68. The van der Waals surface area contributed by atoms with E-state index in [-0.39, 0.29) is 25.1 Å². The summed E-state index contributed by atoms with van der Waals surface area (Å²) < 4.78 is 5.73. The van der Waals surface area contributed by atoms with Crippen LogP contribution in [0.25, 0.3) is 0 Å². The van der Waals surface area contributed by atoms with Gasteiger partial charge in [-0.2, -0.15) is 0 Å². The van der Waals surface area contributed by atoms with Crippen molar-refractivity contribution in [3.8, 4) is 5.75 Å². The highest BCUT2D eigenvalue weighted by Crippen LogP contribution is 2.23. The summed E-state index contributed by atoms with van der Waals surface area (Å²) in [5, 5.41) is 13.5. The van der Waals surface area contributed by atoms with E-state index >= 15 is 0 Å². The molecule has 2 aromatic rings. The highest BCUT2D eigenvalue weighted by molar-refractivity contribution is 5.36. The molecule has 0 heterocycles. The largest absolute Gasteiger partial charge is 1.00 e. The van der Waals surface area contributed by atoms with Gasteiger partial charge in [0.15, 0.2) is 0 Å². The number of ether oxygens (including phenoxy) is 1. The first-order valence-electron chi connectivity index (χ1n) is 8.67. The molecule has 2 unspecified atom stereocenters. The SMILES string of the molecule is Cc1cc(OCC(O)CNC(C)c2ccccc2)ccc1C(C)C.[Cl-]. The zero-order valence-electron chi connectivity index (χ0n) is 15.5. The fraction of sp³-hybridized carbons (Fsp3) is 0.429. The Balaban J connectivity index is 0.00000312. The van der Waals surface area contributed by atoms with Crippen LogP contribution in [0.5, 0.6) is 5.75 Å². The predicted molar refractivity (Wildman–Crippen MR) is 99.6 cm³/mol. The van der Waals surface area contributed by atoms with Crippen LogP contribution in [0.4, 0.5) is 0 Å². The molecule has 0 aromatic heterocycles. The molecule has 0 saturated carbocycles. The number of benzene rings is 2. The first-order valence-corrected chi connectivity index (χ1v) is 8.67. The molecule has 2 rings (SSSR count). The quantitative estimate of drug-likeness (QED) is 0.741. The van der Waals surface area contributed by atoms with Crippen LogP contribution in [0.1, 0.15) is 49.4 Å². The minimum atomic E-state index is -0.541. The molecule has 0 aliphatic rings. The normalized spacial score (nSPS) is 13.2. The summed E-state index contributed by atoms with van der Waals surface area (Å²) >= 11 is 0. The smallest absolute Gasteiger partial charge is 0.119 e. The summed E-state index contributed by atoms with van der Waals surface area (Å²) in [6, 6.07) is 16.6. The molecule has 0 aliphatic heterocycles. The van der Waals surface area contributed by atoms with Crippen LogP contribution in [-0.2, 0) is 0 Å². The zero-order valence-corrected chi connectivity index (χ0v) is 16.3. The fourth-order valence-corrected chi connectivity index (χ4v) is 2.81. The lowest BCUT2D eigenvalue weighted by Crippen LogP contribution is -3.00. The molecule has 4 heteroatoms. The first kappa shape index (κ1) is 21.5. The standard InChI is InChI=1S/C21H29NO2.ClH/c1-15(2)21-11-10-20(12-16(21)3)24-14-19(23)13-22-17(4)18-8-6-5-7-9-18;/h5-12,15,17,19,22-23H,13-14H2,1-4H3;1H/p-1. The van der Waals surface area contributed by atoms with Gasteiger partial charge in [-0.05, 0) is 48.6 Å². The van der Waals surface area contributed by atoms with E-state index in [1.807, 2.05) is 30.3 Å². The Hall–Kier alpha value is -1.55. The highest BCUT2D eigenvalue weighted by Gasteiger charge is 2.10. The Kier molecular flexibility index (Phi) is 8.98. The molecule has 0 fully saturated rings. The maximum atomic E-state index is 10.1. The highest BCUT2D eigenvalue weighted by atomic mass is 35.5. The Labute approximate surface area is 157 Å². The van der Waals surface area contributed by atoms with Crippen molar-refractivity contribution in [2.75, 3.05) is 13.2 Å². The first-order chi connectivity index (χ1) is 11.5. The molecule has 0 saturated heterocycles. The van der Waals surface area contributed by atoms with E-state index < -0.39 is 6.10 Å². The van der Waals surface area contributed by atoms with Gasteiger partial charge >= 0.3 is 0 Å². The monoisotopic (exact) mass is 362 g/mol. The van der Waals surface area contributed by atoms with Crippen molar-refractivity contribution in [2.24, 2.45) is 0 Å². The van der Waals surface area contributed by atoms with Crippen molar-refractivity contribution in [3.05, 3.63) is 65.2 Å². The molecular weight excluding hydrogens is 334 g/mol. The van der Waals surface area contributed by atoms with E-state index in [4.69, 9.17) is 4.74 Å².